The lowest BCUT2D eigenvalue weighted by Crippen LogP contribution is -2.12. The number of rotatable bonds is 0. The molecule has 0 unspecified atom stereocenters. The molecule has 3 heteroatoms. The monoisotopic (exact) mass is 224 g/mol. The van der Waals surface area contributed by atoms with E-state index in [1.54, 1.807) is 0 Å². The SMILES string of the molecule is O=C1CCCCC/C=C\CCCOC(=O)C1. The van der Waals surface area contributed by atoms with Crippen LogP contribution >= 0.6 is 0 Å². The van der Waals surface area contributed by atoms with Gasteiger partial charge in [0.05, 0.1) is 6.61 Å². The summed E-state index contributed by atoms with van der Waals surface area (Å²) in [6, 6.07) is 0. The molecule has 16 heavy (non-hydrogen) atoms. The van der Waals surface area contributed by atoms with Crippen LogP contribution in [0.1, 0.15) is 51.4 Å². The first kappa shape index (κ1) is 12.9. The highest BCUT2D eigenvalue weighted by molar-refractivity contribution is 5.95. The molecular formula is C13H20O3. The van der Waals surface area contributed by atoms with Crippen LogP contribution in [0.2, 0.25) is 0 Å². The van der Waals surface area contributed by atoms with Crippen LogP contribution in [-0.2, 0) is 14.3 Å². The molecule has 0 bridgehead atoms. The lowest BCUT2D eigenvalue weighted by molar-refractivity contribution is -0.146. The van der Waals surface area contributed by atoms with Crippen molar-refractivity contribution in [2.45, 2.75) is 51.4 Å². The molecule has 0 spiro atoms. The molecule has 0 aromatic heterocycles. The summed E-state index contributed by atoms with van der Waals surface area (Å²) in [7, 11) is 0. The third kappa shape index (κ3) is 6.38. The Morgan fingerprint density at radius 1 is 0.938 bits per heavy atom. The van der Waals surface area contributed by atoms with Crippen LogP contribution in [0.4, 0.5) is 0 Å². The number of allylic oxidation sites excluding steroid dienone is 2. The van der Waals surface area contributed by atoms with E-state index < -0.39 is 0 Å². The highest BCUT2D eigenvalue weighted by Crippen LogP contribution is 2.07. The summed E-state index contributed by atoms with van der Waals surface area (Å²) in [4.78, 5) is 22.6. The van der Waals surface area contributed by atoms with E-state index in [9.17, 15) is 9.59 Å². The van der Waals surface area contributed by atoms with E-state index in [2.05, 4.69) is 12.2 Å². The van der Waals surface area contributed by atoms with Gasteiger partial charge in [-0.05, 0) is 32.1 Å². The van der Waals surface area contributed by atoms with Gasteiger partial charge < -0.3 is 4.74 Å². The topological polar surface area (TPSA) is 43.4 Å². The Labute approximate surface area is 96.9 Å². The Kier molecular flexibility index (Phi) is 6.54. The minimum atomic E-state index is -0.369. The normalized spacial score (nSPS) is 23.2. The van der Waals surface area contributed by atoms with Gasteiger partial charge in [-0.2, -0.15) is 0 Å². The van der Waals surface area contributed by atoms with Crippen LogP contribution < -0.4 is 0 Å². The third-order valence-electron chi connectivity index (χ3n) is 2.61. The van der Waals surface area contributed by atoms with Crippen molar-refractivity contribution >= 4 is 11.8 Å². The molecule has 90 valence electrons. The van der Waals surface area contributed by atoms with Gasteiger partial charge in [-0.3, -0.25) is 9.59 Å². The van der Waals surface area contributed by atoms with Gasteiger partial charge in [0.2, 0.25) is 0 Å². The van der Waals surface area contributed by atoms with Crippen molar-refractivity contribution < 1.29 is 14.3 Å². The third-order valence-corrected chi connectivity index (χ3v) is 2.61. The van der Waals surface area contributed by atoms with E-state index in [1.807, 2.05) is 0 Å². The fourth-order valence-corrected chi connectivity index (χ4v) is 1.68. The molecule has 1 aliphatic rings. The largest absolute Gasteiger partial charge is 0.465 e. The van der Waals surface area contributed by atoms with E-state index in [-0.39, 0.29) is 18.2 Å². The first-order valence-electron chi connectivity index (χ1n) is 6.11. The van der Waals surface area contributed by atoms with E-state index in [0.29, 0.717) is 13.0 Å². The molecule has 1 heterocycles. The van der Waals surface area contributed by atoms with Gasteiger partial charge in [0.15, 0.2) is 0 Å². The van der Waals surface area contributed by atoms with Gasteiger partial charge in [-0.25, -0.2) is 0 Å². The van der Waals surface area contributed by atoms with Crippen LogP contribution in [0.3, 0.4) is 0 Å². The predicted molar refractivity (Wildman–Crippen MR) is 62.0 cm³/mol. The second-order valence-electron chi connectivity index (χ2n) is 4.15. The number of carbonyl (C=O) groups excluding carboxylic acids is 2. The zero-order chi connectivity index (χ0) is 11.6. The molecule has 3 nitrogen and oxygen atoms in total. The maximum atomic E-state index is 11.3. The Morgan fingerprint density at radius 3 is 2.50 bits per heavy atom. The van der Waals surface area contributed by atoms with Crippen molar-refractivity contribution in [2.24, 2.45) is 0 Å². The van der Waals surface area contributed by atoms with Crippen LogP contribution in [0.5, 0.6) is 0 Å². The summed E-state index contributed by atoms with van der Waals surface area (Å²) in [6.45, 7) is 0.427. The second kappa shape index (κ2) is 8.08. The number of hydrogen-bond donors (Lipinski definition) is 0. The standard InChI is InChI=1S/C13H20O3/c14-12-9-7-5-3-1-2-4-6-8-10-16-13(15)11-12/h2,4H,1,3,5-11H2/b4-2-. The lowest BCUT2D eigenvalue weighted by Gasteiger charge is -2.04. The highest BCUT2D eigenvalue weighted by Gasteiger charge is 2.10. The molecule has 0 saturated carbocycles. The van der Waals surface area contributed by atoms with Crippen LogP contribution in [-0.4, -0.2) is 18.4 Å². The number of cyclic esters (lactones) is 1. The maximum Gasteiger partial charge on any atom is 0.313 e. The van der Waals surface area contributed by atoms with Crippen LogP contribution in [0, 0.1) is 0 Å². The van der Waals surface area contributed by atoms with Crippen molar-refractivity contribution in [2.75, 3.05) is 6.61 Å². The summed E-state index contributed by atoms with van der Waals surface area (Å²) in [6.07, 6.45) is 10.7. The van der Waals surface area contributed by atoms with Gasteiger partial charge in [-0.15, -0.1) is 0 Å². The number of hydrogen-bond acceptors (Lipinski definition) is 3. The van der Waals surface area contributed by atoms with E-state index in [1.165, 1.54) is 0 Å². The van der Waals surface area contributed by atoms with Gasteiger partial charge in [-0.1, -0.05) is 18.6 Å². The quantitative estimate of drug-likeness (QED) is 0.361. The van der Waals surface area contributed by atoms with Crippen molar-refractivity contribution in [3.63, 3.8) is 0 Å². The first-order chi connectivity index (χ1) is 7.79. The van der Waals surface area contributed by atoms with Gasteiger partial charge in [0.25, 0.3) is 0 Å². The molecule has 0 radical (unpaired) electrons. The molecule has 0 fully saturated rings. The van der Waals surface area contributed by atoms with Crippen molar-refractivity contribution in [1.29, 1.82) is 0 Å². The van der Waals surface area contributed by atoms with Crippen molar-refractivity contribution in [3.8, 4) is 0 Å². The summed E-state index contributed by atoms with van der Waals surface area (Å²) < 4.78 is 4.96. The first-order valence-corrected chi connectivity index (χ1v) is 6.11. The fraction of sp³-hybridized carbons (Fsp3) is 0.692. The number of Topliss-reactive ketones (excluding diaryl/α,β-unsaturated/α-hetero) is 1. The zero-order valence-corrected chi connectivity index (χ0v) is 9.74. The summed E-state index contributed by atoms with van der Waals surface area (Å²) in [5.74, 6) is -0.358. The van der Waals surface area contributed by atoms with E-state index in [4.69, 9.17) is 4.74 Å². The Bertz CT molecular complexity index is 256. The van der Waals surface area contributed by atoms with E-state index >= 15 is 0 Å². The number of ether oxygens (including phenoxy) is 1. The minimum absolute atomic E-state index is 0.0117. The molecule has 0 amide bonds. The molecule has 0 aromatic rings. The molecule has 0 atom stereocenters. The van der Waals surface area contributed by atoms with Crippen LogP contribution in [0.15, 0.2) is 12.2 Å². The highest BCUT2D eigenvalue weighted by atomic mass is 16.5. The Morgan fingerprint density at radius 2 is 1.69 bits per heavy atom. The predicted octanol–water partition coefficient (Wildman–Crippen LogP) is 2.79. The fourth-order valence-electron chi connectivity index (χ4n) is 1.68. The maximum absolute atomic E-state index is 11.3. The van der Waals surface area contributed by atoms with Crippen molar-refractivity contribution in [1.82, 2.24) is 0 Å². The smallest absolute Gasteiger partial charge is 0.313 e. The lowest BCUT2D eigenvalue weighted by atomic mass is 10.1. The average molecular weight is 224 g/mol. The van der Waals surface area contributed by atoms with Crippen molar-refractivity contribution in [3.05, 3.63) is 12.2 Å². The molecule has 0 N–H and O–H groups in total. The summed E-state index contributed by atoms with van der Waals surface area (Å²) in [5, 5.41) is 0. The average Bonchev–Trinajstić information content (AvgIpc) is 2.25. The van der Waals surface area contributed by atoms with Gasteiger partial charge in [0.1, 0.15) is 12.2 Å². The molecule has 1 rings (SSSR count). The summed E-state index contributed by atoms with van der Waals surface area (Å²) >= 11 is 0. The summed E-state index contributed by atoms with van der Waals surface area (Å²) in [5.41, 5.74) is 0. The zero-order valence-electron chi connectivity index (χ0n) is 9.74. The molecule has 1 aliphatic heterocycles. The number of carbonyl (C=O) groups is 2. The van der Waals surface area contributed by atoms with Crippen LogP contribution in [0.25, 0.3) is 0 Å². The van der Waals surface area contributed by atoms with Gasteiger partial charge in [0, 0.05) is 6.42 Å². The molecule has 0 aromatic carbocycles. The minimum Gasteiger partial charge on any atom is -0.465 e. The Hall–Kier alpha value is -1.12. The van der Waals surface area contributed by atoms with Gasteiger partial charge >= 0.3 is 5.97 Å². The van der Waals surface area contributed by atoms with E-state index in [0.717, 1.165) is 38.5 Å². The number of esters is 1. The second-order valence-corrected chi connectivity index (χ2v) is 4.15. The number of ketones is 1. The molecular weight excluding hydrogens is 204 g/mol. The molecule has 0 saturated heterocycles. The Balaban J connectivity index is 2.34. The molecule has 0 aliphatic carbocycles.